The molecule has 27 heavy (non-hydrogen) atoms. The summed E-state index contributed by atoms with van der Waals surface area (Å²) in [6.45, 7) is 0. The largest absolute Gasteiger partial charge is 0.349 e. The van der Waals surface area contributed by atoms with Gasteiger partial charge in [-0.2, -0.15) is 0 Å². The maximum Gasteiger partial charge on any atom is 0.254 e. The summed E-state index contributed by atoms with van der Waals surface area (Å²) in [6, 6.07) is 9.50. The summed E-state index contributed by atoms with van der Waals surface area (Å²) in [5.41, 5.74) is 2.04. The van der Waals surface area contributed by atoms with Crippen LogP contribution in [0.3, 0.4) is 0 Å². The second-order valence-electron chi connectivity index (χ2n) is 6.26. The average Bonchev–Trinajstić information content (AvgIpc) is 3.14. The molecule has 0 radical (unpaired) electrons. The number of carbonyl (C=O) groups is 2. The van der Waals surface area contributed by atoms with Crippen LogP contribution in [0.5, 0.6) is 0 Å². The van der Waals surface area contributed by atoms with Crippen LogP contribution in [0.25, 0.3) is 10.6 Å². The Bertz CT molecular complexity index is 994. The van der Waals surface area contributed by atoms with Gasteiger partial charge in [0.05, 0.1) is 22.7 Å². The van der Waals surface area contributed by atoms with E-state index < -0.39 is 0 Å². The quantitative estimate of drug-likeness (QED) is 0.615. The molecular weight excluding hydrogens is 402 g/mol. The molecule has 2 aromatic heterocycles. The molecule has 2 amide bonds. The molecule has 0 aliphatic heterocycles. The van der Waals surface area contributed by atoms with Gasteiger partial charge in [0.1, 0.15) is 10.0 Å². The standard InChI is InChI=1S/C19H16ClN3O2S2/c20-15-4-2-1-3-13(15)18-22-12(10-27-18)9-16(24)23-19-14(7-8-26-19)17(25)21-11-5-6-11/h1-4,7-8,10-11H,5-6,9H2,(H,21,25)(H,23,24). The van der Waals surface area contributed by atoms with Crippen LogP contribution in [-0.2, 0) is 11.2 Å². The van der Waals surface area contributed by atoms with Crippen molar-refractivity contribution in [2.24, 2.45) is 0 Å². The highest BCUT2D eigenvalue weighted by atomic mass is 35.5. The minimum atomic E-state index is -0.200. The Morgan fingerprint density at radius 1 is 1.19 bits per heavy atom. The van der Waals surface area contributed by atoms with E-state index in [4.69, 9.17) is 11.6 Å². The molecule has 1 saturated carbocycles. The van der Waals surface area contributed by atoms with Crippen molar-refractivity contribution in [1.29, 1.82) is 0 Å². The molecule has 3 aromatic rings. The molecule has 1 aromatic carbocycles. The van der Waals surface area contributed by atoms with Gasteiger partial charge in [0.15, 0.2) is 0 Å². The van der Waals surface area contributed by atoms with Crippen molar-refractivity contribution in [3.8, 4) is 10.6 Å². The van der Waals surface area contributed by atoms with Crippen molar-refractivity contribution in [3.63, 3.8) is 0 Å². The van der Waals surface area contributed by atoms with E-state index >= 15 is 0 Å². The predicted octanol–water partition coefficient (Wildman–Crippen LogP) is 4.60. The van der Waals surface area contributed by atoms with Gasteiger partial charge in [0, 0.05) is 17.0 Å². The zero-order chi connectivity index (χ0) is 18.8. The van der Waals surface area contributed by atoms with E-state index in [0.29, 0.717) is 21.3 Å². The number of thiophene rings is 1. The Labute approximate surface area is 169 Å². The first-order valence-electron chi connectivity index (χ1n) is 8.47. The minimum Gasteiger partial charge on any atom is -0.349 e. The second kappa shape index (κ2) is 7.80. The zero-order valence-corrected chi connectivity index (χ0v) is 16.6. The highest BCUT2D eigenvalue weighted by molar-refractivity contribution is 7.14. The van der Waals surface area contributed by atoms with Gasteiger partial charge in [0.25, 0.3) is 5.91 Å². The second-order valence-corrected chi connectivity index (χ2v) is 8.44. The van der Waals surface area contributed by atoms with E-state index in [-0.39, 0.29) is 24.3 Å². The van der Waals surface area contributed by atoms with Crippen LogP contribution in [-0.4, -0.2) is 22.8 Å². The van der Waals surface area contributed by atoms with E-state index in [9.17, 15) is 9.59 Å². The molecule has 1 fully saturated rings. The summed E-state index contributed by atoms with van der Waals surface area (Å²) in [7, 11) is 0. The summed E-state index contributed by atoms with van der Waals surface area (Å²) in [6.07, 6.45) is 2.19. The number of carbonyl (C=O) groups excluding carboxylic acids is 2. The number of rotatable bonds is 6. The summed E-state index contributed by atoms with van der Waals surface area (Å²) in [5, 5.41) is 11.4. The number of hydrogen-bond donors (Lipinski definition) is 2. The Morgan fingerprint density at radius 3 is 2.78 bits per heavy atom. The van der Waals surface area contributed by atoms with Gasteiger partial charge >= 0.3 is 0 Å². The molecule has 1 aliphatic carbocycles. The van der Waals surface area contributed by atoms with Gasteiger partial charge in [-0.1, -0.05) is 29.8 Å². The molecule has 4 rings (SSSR count). The SMILES string of the molecule is O=C(Cc1csc(-c2ccccc2Cl)n1)Nc1sccc1C(=O)NC1CC1. The summed E-state index contributed by atoms with van der Waals surface area (Å²) in [5.74, 6) is -0.336. The number of anilines is 1. The summed E-state index contributed by atoms with van der Waals surface area (Å²) >= 11 is 9.00. The van der Waals surface area contributed by atoms with Crippen molar-refractivity contribution in [2.45, 2.75) is 25.3 Å². The third-order valence-corrected chi connectivity index (χ3v) is 6.16. The Hall–Kier alpha value is -2.22. The van der Waals surface area contributed by atoms with E-state index in [0.717, 1.165) is 23.4 Å². The van der Waals surface area contributed by atoms with E-state index in [1.807, 2.05) is 29.6 Å². The van der Waals surface area contributed by atoms with Gasteiger partial charge in [-0.3, -0.25) is 9.59 Å². The van der Waals surface area contributed by atoms with Crippen LogP contribution in [0.2, 0.25) is 5.02 Å². The number of nitrogens with one attached hydrogen (secondary N) is 2. The van der Waals surface area contributed by atoms with Crippen LogP contribution in [0.4, 0.5) is 5.00 Å². The normalized spacial score (nSPS) is 13.4. The molecular formula is C19H16ClN3O2S2. The lowest BCUT2D eigenvalue weighted by atomic mass is 10.2. The first-order valence-corrected chi connectivity index (χ1v) is 10.6. The highest BCUT2D eigenvalue weighted by Crippen LogP contribution is 2.30. The molecule has 0 saturated heterocycles. The van der Waals surface area contributed by atoms with Crippen molar-refractivity contribution in [1.82, 2.24) is 10.3 Å². The van der Waals surface area contributed by atoms with Gasteiger partial charge in [0.2, 0.25) is 5.91 Å². The highest BCUT2D eigenvalue weighted by Gasteiger charge is 2.25. The fourth-order valence-electron chi connectivity index (χ4n) is 2.56. The maximum atomic E-state index is 12.4. The summed E-state index contributed by atoms with van der Waals surface area (Å²) in [4.78, 5) is 29.1. The zero-order valence-electron chi connectivity index (χ0n) is 14.2. The lowest BCUT2D eigenvalue weighted by Gasteiger charge is -2.06. The van der Waals surface area contributed by atoms with Crippen molar-refractivity contribution >= 4 is 51.1 Å². The number of benzene rings is 1. The van der Waals surface area contributed by atoms with Gasteiger partial charge in [-0.15, -0.1) is 22.7 Å². The Morgan fingerprint density at radius 2 is 2.00 bits per heavy atom. The number of thiazole rings is 1. The van der Waals surface area contributed by atoms with Crippen molar-refractivity contribution in [2.75, 3.05) is 5.32 Å². The molecule has 2 N–H and O–H groups in total. The lowest BCUT2D eigenvalue weighted by molar-refractivity contribution is -0.115. The van der Waals surface area contributed by atoms with Crippen LogP contribution in [0.1, 0.15) is 28.9 Å². The van der Waals surface area contributed by atoms with Gasteiger partial charge in [-0.25, -0.2) is 4.98 Å². The fraction of sp³-hybridized carbons (Fsp3) is 0.211. The summed E-state index contributed by atoms with van der Waals surface area (Å²) < 4.78 is 0. The molecule has 0 bridgehead atoms. The number of hydrogen-bond acceptors (Lipinski definition) is 5. The molecule has 138 valence electrons. The van der Waals surface area contributed by atoms with E-state index in [2.05, 4.69) is 15.6 Å². The molecule has 0 unspecified atom stereocenters. The van der Waals surface area contributed by atoms with E-state index in [1.54, 1.807) is 11.4 Å². The predicted molar refractivity (Wildman–Crippen MR) is 110 cm³/mol. The smallest absolute Gasteiger partial charge is 0.254 e. The minimum absolute atomic E-state index is 0.135. The Balaban J connectivity index is 1.41. The number of nitrogens with zero attached hydrogens (tertiary/aromatic N) is 1. The third-order valence-electron chi connectivity index (χ3n) is 4.07. The molecule has 2 heterocycles. The molecule has 8 heteroatoms. The maximum absolute atomic E-state index is 12.4. The first-order chi connectivity index (χ1) is 13.1. The monoisotopic (exact) mass is 417 g/mol. The van der Waals surface area contributed by atoms with Crippen LogP contribution < -0.4 is 10.6 Å². The van der Waals surface area contributed by atoms with Crippen molar-refractivity contribution in [3.05, 3.63) is 57.4 Å². The molecule has 1 aliphatic rings. The third kappa shape index (κ3) is 4.37. The Kier molecular flexibility index (Phi) is 5.24. The van der Waals surface area contributed by atoms with Crippen LogP contribution in [0.15, 0.2) is 41.1 Å². The topological polar surface area (TPSA) is 71.1 Å². The number of amides is 2. The van der Waals surface area contributed by atoms with Crippen LogP contribution >= 0.6 is 34.3 Å². The van der Waals surface area contributed by atoms with Crippen LogP contribution in [0, 0.1) is 0 Å². The first kappa shape index (κ1) is 18.2. The fourth-order valence-corrected chi connectivity index (χ4v) is 4.50. The molecule has 5 nitrogen and oxygen atoms in total. The van der Waals surface area contributed by atoms with Crippen molar-refractivity contribution < 1.29 is 9.59 Å². The molecule has 0 spiro atoms. The number of halogens is 1. The van der Waals surface area contributed by atoms with E-state index in [1.165, 1.54) is 22.7 Å². The van der Waals surface area contributed by atoms with Gasteiger partial charge in [-0.05, 0) is 30.4 Å². The molecule has 0 atom stereocenters. The lowest BCUT2D eigenvalue weighted by Crippen LogP contribution is -2.26. The number of aromatic nitrogens is 1. The van der Waals surface area contributed by atoms with Gasteiger partial charge < -0.3 is 10.6 Å². The average molecular weight is 418 g/mol.